The molecule has 19 heavy (non-hydrogen) atoms. The first-order valence-electron chi connectivity index (χ1n) is 5.79. The van der Waals surface area contributed by atoms with E-state index >= 15 is 0 Å². The molecule has 3 nitrogen and oxygen atoms in total. The molecule has 0 fully saturated rings. The van der Waals surface area contributed by atoms with Crippen LogP contribution in [0.1, 0.15) is 16.7 Å². The maximum atomic E-state index is 12.0. The van der Waals surface area contributed by atoms with Crippen molar-refractivity contribution in [1.29, 1.82) is 0 Å². The van der Waals surface area contributed by atoms with Crippen LogP contribution in [0.3, 0.4) is 0 Å². The van der Waals surface area contributed by atoms with Crippen molar-refractivity contribution in [1.82, 2.24) is 10.2 Å². The van der Waals surface area contributed by atoms with E-state index in [4.69, 9.17) is 0 Å². The monoisotopic (exact) mass is 294 g/mol. The summed E-state index contributed by atoms with van der Waals surface area (Å²) in [7, 11) is 1.72. The van der Waals surface area contributed by atoms with Crippen LogP contribution in [0.2, 0.25) is 0 Å². The summed E-state index contributed by atoms with van der Waals surface area (Å²) in [6.07, 6.45) is -4.38. The van der Waals surface area contributed by atoms with Gasteiger partial charge in [0.1, 0.15) is 6.54 Å². The molecule has 1 amide bonds. The molecule has 0 saturated heterocycles. The minimum absolute atomic E-state index is 0.541. The van der Waals surface area contributed by atoms with Crippen molar-refractivity contribution in [2.24, 2.45) is 0 Å². The van der Waals surface area contributed by atoms with Crippen molar-refractivity contribution < 1.29 is 18.0 Å². The number of hydrogen-bond donors (Lipinski definition) is 1. The normalized spacial score (nSPS) is 13.6. The number of halogens is 3. The van der Waals surface area contributed by atoms with E-state index in [1.54, 1.807) is 30.2 Å². The smallest absolute Gasteiger partial charge is 0.346 e. The van der Waals surface area contributed by atoms with E-state index in [1.165, 1.54) is 0 Å². The molecule has 1 aromatic rings. The van der Waals surface area contributed by atoms with E-state index in [1.807, 2.05) is 24.4 Å². The second kappa shape index (κ2) is 6.38. The van der Waals surface area contributed by atoms with Crippen molar-refractivity contribution in [3.63, 3.8) is 0 Å². The molecule has 0 aliphatic heterocycles. The Morgan fingerprint density at radius 3 is 2.58 bits per heavy atom. The summed E-state index contributed by atoms with van der Waals surface area (Å²) in [5, 5.41) is 1.89. The number of carbonyl (C=O) groups excluding carboxylic acids is 1. The summed E-state index contributed by atoms with van der Waals surface area (Å²) >= 11 is 1.61. The predicted octanol–water partition coefficient (Wildman–Crippen LogP) is 2.56. The van der Waals surface area contributed by atoms with Crippen molar-refractivity contribution in [3.8, 4) is 0 Å². The van der Waals surface area contributed by atoms with Gasteiger partial charge in [-0.1, -0.05) is 0 Å². The van der Waals surface area contributed by atoms with Crippen LogP contribution in [0.25, 0.3) is 0 Å². The maximum Gasteiger partial charge on any atom is 0.405 e. The van der Waals surface area contributed by atoms with Gasteiger partial charge in [0.05, 0.1) is 6.04 Å². The number of thiophene rings is 1. The van der Waals surface area contributed by atoms with Gasteiger partial charge in [-0.25, -0.2) is 0 Å². The molecule has 1 N–H and O–H groups in total. The number of amides is 1. The molecule has 1 heterocycles. The first kappa shape index (κ1) is 16.0. The summed E-state index contributed by atoms with van der Waals surface area (Å²) < 4.78 is 36.0. The van der Waals surface area contributed by atoms with Gasteiger partial charge in [0, 0.05) is 16.3 Å². The fraction of sp³-hybridized carbons (Fsp3) is 0.583. The summed E-state index contributed by atoms with van der Waals surface area (Å²) in [5.41, 5.74) is 0. The van der Waals surface area contributed by atoms with E-state index in [0.29, 0.717) is 6.54 Å². The van der Waals surface area contributed by atoms with Crippen LogP contribution >= 0.6 is 11.3 Å². The fourth-order valence-electron chi connectivity index (χ4n) is 1.49. The standard InChI is InChI=1S/C12H17F3N2OS/c1-8-4-5-10(19-8)6-17(3)9(2)11(18)16-7-12(13,14)15/h4-5,9H,6-7H2,1-3H3,(H,16,18)/t9-/m0/s1. The topological polar surface area (TPSA) is 32.3 Å². The van der Waals surface area contributed by atoms with E-state index in [2.05, 4.69) is 0 Å². The van der Waals surface area contributed by atoms with Gasteiger partial charge in [0.15, 0.2) is 0 Å². The Morgan fingerprint density at radius 2 is 2.11 bits per heavy atom. The summed E-state index contributed by atoms with van der Waals surface area (Å²) in [4.78, 5) is 15.5. The molecule has 1 atom stereocenters. The predicted molar refractivity (Wildman–Crippen MR) is 69.0 cm³/mol. The molecule has 0 aliphatic carbocycles. The molecule has 108 valence electrons. The number of hydrogen-bond acceptors (Lipinski definition) is 3. The molecule has 1 rings (SSSR count). The van der Waals surface area contributed by atoms with Crippen molar-refractivity contribution in [2.75, 3.05) is 13.6 Å². The number of rotatable bonds is 5. The number of likely N-dealkylation sites (N-methyl/N-ethyl adjacent to an activating group) is 1. The molecular weight excluding hydrogens is 277 g/mol. The lowest BCUT2D eigenvalue weighted by Gasteiger charge is -2.23. The molecule has 7 heteroatoms. The largest absolute Gasteiger partial charge is 0.405 e. The summed E-state index contributed by atoms with van der Waals surface area (Å²) in [5.74, 6) is -0.617. The molecule has 0 spiro atoms. The third-order valence-electron chi connectivity index (χ3n) is 2.70. The first-order chi connectivity index (χ1) is 8.69. The van der Waals surface area contributed by atoms with Crippen LogP contribution in [0.15, 0.2) is 12.1 Å². The van der Waals surface area contributed by atoms with E-state index in [-0.39, 0.29) is 0 Å². The van der Waals surface area contributed by atoms with Gasteiger partial charge in [0.25, 0.3) is 0 Å². The summed E-state index contributed by atoms with van der Waals surface area (Å²) in [6, 6.07) is 3.32. The number of nitrogens with one attached hydrogen (secondary N) is 1. The van der Waals surface area contributed by atoms with Crippen molar-refractivity contribution >= 4 is 17.2 Å². The number of alkyl halides is 3. The van der Waals surface area contributed by atoms with Gasteiger partial charge < -0.3 is 5.32 Å². The third-order valence-corrected chi connectivity index (χ3v) is 3.69. The lowest BCUT2D eigenvalue weighted by atomic mass is 10.2. The van der Waals surface area contributed by atoms with Gasteiger partial charge in [-0.15, -0.1) is 11.3 Å². The zero-order chi connectivity index (χ0) is 14.6. The second-order valence-corrected chi connectivity index (χ2v) is 5.81. The molecule has 1 aromatic heterocycles. The minimum Gasteiger partial charge on any atom is -0.346 e. The van der Waals surface area contributed by atoms with E-state index in [9.17, 15) is 18.0 Å². The third kappa shape index (κ3) is 5.61. The number of carbonyl (C=O) groups is 1. The van der Waals surface area contributed by atoms with Crippen LogP contribution < -0.4 is 5.32 Å². The Bertz CT molecular complexity index is 431. The molecular formula is C12H17F3N2OS. The van der Waals surface area contributed by atoms with Crippen molar-refractivity contribution in [2.45, 2.75) is 32.6 Å². The van der Waals surface area contributed by atoms with Crippen LogP contribution in [-0.4, -0.2) is 36.6 Å². The van der Waals surface area contributed by atoms with Crippen LogP contribution in [0.5, 0.6) is 0 Å². The fourth-order valence-corrected chi connectivity index (χ4v) is 2.44. The molecule has 0 unspecified atom stereocenters. The number of nitrogens with zero attached hydrogens (tertiary/aromatic N) is 1. The Kier molecular flexibility index (Phi) is 5.37. The van der Waals surface area contributed by atoms with Crippen LogP contribution in [-0.2, 0) is 11.3 Å². The second-order valence-electron chi connectivity index (χ2n) is 4.44. The molecule has 0 bridgehead atoms. The Hall–Kier alpha value is -1.08. The van der Waals surface area contributed by atoms with Gasteiger partial charge in [-0.3, -0.25) is 9.69 Å². The lowest BCUT2D eigenvalue weighted by Crippen LogP contribution is -2.45. The maximum absolute atomic E-state index is 12.0. The van der Waals surface area contributed by atoms with Crippen molar-refractivity contribution in [3.05, 3.63) is 21.9 Å². The average molecular weight is 294 g/mol. The molecule has 0 aliphatic rings. The lowest BCUT2D eigenvalue weighted by molar-refractivity contribution is -0.141. The zero-order valence-corrected chi connectivity index (χ0v) is 11.9. The highest BCUT2D eigenvalue weighted by molar-refractivity contribution is 7.11. The van der Waals surface area contributed by atoms with Crippen LogP contribution in [0.4, 0.5) is 13.2 Å². The highest BCUT2D eigenvalue weighted by Gasteiger charge is 2.29. The van der Waals surface area contributed by atoms with Gasteiger partial charge in [-0.05, 0) is 33.0 Å². The SMILES string of the molecule is Cc1ccc(CN(C)[C@@H](C)C(=O)NCC(F)(F)F)s1. The first-order valence-corrected chi connectivity index (χ1v) is 6.60. The summed E-state index contributed by atoms with van der Waals surface area (Å²) in [6.45, 7) is 2.82. The van der Waals surface area contributed by atoms with Gasteiger partial charge in [-0.2, -0.15) is 13.2 Å². The Balaban J connectivity index is 2.47. The van der Waals surface area contributed by atoms with Gasteiger partial charge >= 0.3 is 6.18 Å². The Morgan fingerprint density at radius 1 is 1.47 bits per heavy atom. The van der Waals surface area contributed by atoms with Gasteiger partial charge in [0.2, 0.25) is 5.91 Å². The number of aryl methyl sites for hydroxylation is 1. The van der Waals surface area contributed by atoms with E-state index < -0.39 is 24.7 Å². The van der Waals surface area contributed by atoms with Crippen LogP contribution in [0, 0.1) is 6.92 Å². The molecule has 0 radical (unpaired) electrons. The zero-order valence-electron chi connectivity index (χ0n) is 11.0. The highest BCUT2D eigenvalue weighted by Crippen LogP contribution is 2.17. The molecule has 0 aromatic carbocycles. The molecule has 0 saturated carbocycles. The average Bonchev–Trinajstić information content (AvgIpc) is 2.69. The quantitative estimate of drug-likeness (QED) is 0.905. The Labute approximate surface area is 114 Å². The highest BCUT2D eigenvalue weighted by atomic mass is 32.1. The van der Waals surface area contributed by atoms with E-state index in [0.717, 1.165) is 9.75 Å². The minimum atomic E-state index is -4.38.